The Hall–Kier alpha value is -2.31. The number of amides is 2. The number of hydrogen-bond acceptors (Lipinski definition) is 5. The van der Waals surface area contributed by atoms with Crippen molar-refractivity contribution in [1.29, 1.82) is 0 Å². The number of piperazine rings is 1. The zero-order valence-corrected chi connectivity index (χ0v) is 13.2. The first kappa shape index (κ1) is 16.1. The van der Waals surface area contributed by atoms with Crippen molar-refractivity contribution in [2.45, 2.75) is 32.9 Å². The van der Waals surface area contributed by atoms with Crippen molar-refractivity contribution in [1.82, 2.24) is 15.6 Å². The molecule has 0 unspecified atom stereocenters. The Morgan fingerprint density at radius 3 is 2.82 bits per heavy atom. The maximum absolute atomic E-state index is 11.6. The number of alkyl carbamates (subject to hydrolysis) is 1. The molecule has 0 bridgehead atoms. The van der Waals surface area contributed by atoms with Crippen LogP contribution in [0.3, 0.4) is 0 Å². The molecule has 0 saturated carbocycles. The van der Waals surface area contributed by atoms with Crippen molar-refractivity contribution in [2.24, 2.45) is 0 Å². The summed E-state index contributed by atoms with van der Waals surface area (Å²) in [5.41, 5.74) is 0.358. The molecule has 0 atom stereocenters. The standard InChI is InChI=1S/C15H22N4O3/c1-15(2,3)22-14(21)18-9-11-4-5-12(17-8-11)19-7-6-16-13(20)10-19/h4-5,8H,6-7,9-10H2,1-3H3,(H,16,20)(H,18,21). The Balaban J connectivity index is 1.86. The number of anilines is 1. The molecule has 1 aliphatic rings. The molecule has 2 amide bonds. The van der Waals surface area contributed by atoms with Gasteiger partial charge in [0.15, 0.2) is 0 Å². The minimum absolute atomic E-state index is 0.00344. The molecule has 1 saturated heterocycles. The first-order valence-electron chi connectivity index (χ1n) is 7.27. The van der Waals surface area contributed by atoms with Crippen LogP contribution in [-0.4, -0.2) is 42.2 Å². The fourth-order valence-electron chi connectivity index (χ4n) is 2.03. The average Bonchev–Trinajstić information content (AvgIpc) is 2.44. The normalized spacial score (nSPS) is 15.2. The number of nitrogens with zero attached hydrogens (tertiary/aromatic N) is 2. The lowest BCUT2D eigenvalue weighted by atomic mass is 10.2. The molecule has 7 heteroatoms. The summed E-state index contributed by atoms with van der Waals surface area (Å²) in [4.78, 5) is 29.2. The molecule has 2 rings (SSSR count). The second-order valence-corrected chi connectivity index (χ2v) is 6.15. The molecule has 0 spiro atoms. The van der Waals surface area contributed by atoms with Gasteiger partial charge in [-0.1, -0.05) is 6.07 Å². The van der Waals surface area contributed by atoms with Crippen LogP contribution < -0.4 is 15.5 Å². The molecule has 22 heavy (non-hydrogen) atoms. The zero-order chi connectivity index (χ0) is 16.2. The summed E-state index contributed by atoms with van der Waals surface area (Å²) in [6.07, 6.45) is 1.24. The van der Waals surface area contributed by atoms with Crippen LogP contribution in [0, 0.1) is 0 Å². The van der Waals surface area contributed by atoms with Crippen LogP contribution in [0.4, 0.5) is 10.6 Å². The van der Waals surface area contributed by atoms with Crippen LogP contribution >= 0.6 is 0 Å². The fraction of sp³-hybridized carbons (Fsp3) is 0.533. The molecule has 7 nitrogen and oxygen atoms in total. The van der Waals surface area contributed by atoms with Gasteiger partial charge in [-0.3, -0.25) is 4.79 Å². The van der Waals surface area contributed by atoms with Crippen LogP contribution in [0.2, 0.25) is 0 Å². The van der Waals surface area contributed by atoms with E-state index in [9.17, 15) is 9.59 Å². The average molecular weight is 306 g/mol. The molecular weight excluding hydrogens is 284 g/mol. The Kier molecular flexibility index (Phi) is 4.85. The van der Waals surface area contributed by atoms with E-state index < -0.39 is 11.7 Å². The smallest absolute Gasteiger partial charge is 0.407 e. The predicted molar refractivity (Wildman–Crippen MR) is 82.5 cm³/mol. The van der Waals surface area contributed by atoms with E-state index in [0.717, 1.165) is 17.9 Å². The summed E-state index contributed by atoms with van der Waals surface area (Å²) in [6, 6.07) is 3.73. The highest BCUT2D eigenvalue weighted by atomic mass is 16.6. The largest absolute Gasteiger partial charge is 0.444 e. The summed E-state index contributed by atoms with van der Waals surface area (Å²) in [6.45, 7) is 7.50. The number of ether oxygens (including phenoxy) is 1. The number of nitrogens with one attached hydrogen (secondary N) is 2. The van der Waals surface area contributed by atoms with E-state index in [1.165, 1.54) is 0 Å². The van der Waals surface area contributed by atoms with Crippen molar-refractivity contribution in [3.63, 3.8) is 0 Å². The van der Waals surface area contributed by atoms with E-state index in [1.54, 1.807) is 6.20 Å². The van der Waals surface area contributed by atoms with E-state index in [4.69, 9.17) is 4.74 Å². The Morgan fingerprint density at radius 2 is 2.23 bits per heavy atom. The molecule has 2 N–H and O–H groups in total. The Labute approximate surface area is 130 Å². The fourth-order valence-corrected chi connectivity index (χ4v) is 2.03. The third-order valence-electron chi connectivity index (χ3n) is 3.01. The van der Waals surface area contributed by atoms with Crippen molar-refractivity contribution in [3.8, 4) is 0 Å². The molecule has 120 valence electrons. The van der Waals surface area contributed by atoms with Gasteiger partial charge in [-0.25, -0.2) is 9.78 Å². The highest BCUT2D eigenvalue weighted by Crippen LogP contribution is 2.12. The highest BCUT2D eigenvalue weighted by molar-refractivity contribution is 5.82. The van der Waals surface area contributed by atoms with Gasteiger partial charge in [-0.15, -0.1) is 0 Å². The van der Waals surface area contributed by atoms with E-state index in [1.807, 2.05) is 37.8 Å². The molecule has 1 aromatic heterocycles. The van der Waals surface area contributed by atoms with Crippen molar-refractivity contribution in [2.75, 3.05) is 24.5 Å². The highest BCUT2D eigenvalue weighted by Gasteiger charge is 2.18. The summed E-state index contributed by atoms with van der Waals surface area (Å²) >= 11 is 0. The Bertz CT molecular complexity index is 537. The number of carbonyl (C=O) groups is 2. The van der Waals surface area contributed by atoms with Gasteiger partial charge in [-0.2, -0.15) is 0 Å². The predicted octanol–water partition coefficient (Wildman–Crippen LogP) is 1.04. The zero-order valence-electron chi connectivity index (χ0n) is 13.2. The van der Waals surface area contributed by atoms with Crippen LogP contribution in [0.5, 0.6) is 0 Å². The van der Waals surface area contributed by atoms with Gasteiger partial charge in [0.05, 0.1) is 6.54 Å². The number of aromatic nitrogens is 1. The maximum Gasteiger partial charge on any atom is 0.407 e. The summed E-state index contributed by atoms with van der Waals surface area (Å²) < 4.78 is 5.17. The second kappa shape index (κ2) is 6.64. The SMILES string of the molecule is CC(C)(C)OC(=O)NCc1ccc(N2CCNC(=O)C2)nc1. The van der Waals surface area contributed by atoms with Gasteiger partial charge in [0, 0.05) is 25.8 Å². The number of hydrogen-bond donors (Lipinski definition) is 2. The molecule has 1 fully saturated rings. The quantitative estimate of drug-likeness (QED) is 0.872. The minimum Gasteiger partial charge on any atom is -0.444 e. The van der Waals surface area contributed by atoms with Crippen LogP contribution in [0.15, 0.2) is 18.3 Å². The van der Waals surface area contributed by atoms with Gasteiger partial charge in [0.25, 0.3) is 0 Å². The second-order valence-electron chi connectivity index (χ2n) is 6.15. The van der Waals surface area contributed by atoms with Crippen LogP contribution in [0.25, 0.3) is 0 Å². The Morgan fingerprint density at radius 1 is 1.45 bits per heavy atom. The molecule has 1 aromatic rings. The number of carbonyl (C=O) groups excluding carboxylic acids is 2. The van der Waals surface area contributed by atoms with Crippen molar-refractivity contribution in [3.05, 3.63) is 23.9 Å². The first-order valence-corrected chi connectivity index (χ1v) is 7.27. The lowest BCUT2D eigenvalue weighted by molar-refractivity contribution is -0.120. The van der Waals surface area contributed by atoms with Gasteiger partial charge in [-0.05, 0) is 32.4 Å². The third-order valence-corrected chi connectivity index (χ3v) is 3.01. The summed E-state index contributed by atoms with van der Waals surface area (Å²) in [5, 5.41) is 5.46. The number of rotatable bonds is 3. The lowest BCUT2D eigenvalue weighted by Gasteiger charge is -2.27. The number of pyridine rings is 1. The summed E-state index contributed by atoms with van der Waals surface area (Å²) in [5.74, 6) is 0.764. The van der Waals surface area contributed by atoms with E-state index >= 15 is 0 Å². The first-order chi connectivity index (χ1) is 10.3. The van der Waals surface area contributed by atoms with Crippen molar-refractivity contribution >= 4 is 17.8 Å². The van der Waals surface area contributed by atoms with Gasteiger partial charge >= 0.3 is 6.09 Å². The monoisotopic (exact) mass is 306 g/mol. The van der Waals surface area contributed by atoms with E-state index in [-0.39, 0.29) is 5.91 Å². The van der Waals surface area contributed by atoms with Crippen LogP contribution in [0.1, 0.15) is 26.3 Å². The van der Waals surface area contributed by atoms with Gasteiger partial charge in [0.1, 0.15) is 11.4 Å². The molecular formula is C15H22N4O3. The lowest BCUT2D eigenvalue weighted by Crippen LogP contribution is -2.48. The minimum atomic E-state index is -0.513. The molecule has 0 aliphatic carbocycles. The van der Waals surface area contributed by atoms with Crippen LogP contribution in [-0.2, 0) is 16.1 Å². The molecule has 0 radical (unpaired) electrons. The van der Waals surface area contributed by atoms with Gasteiger partial charge < -0.3 is 20.3 Å². The maximum atomic E-state index is 11.6. The molecule has 0 aromatic carbocycles. The molecule has 2 heterocycles. The van der Waals surface area contributed by atoms with E-state index in [0.29, 0.717) is 19.6 Å². The summed E-state index contributed by atoms with van der Waals surface area (Å²) in [7, 11) is 0. The topological polar surface area (TPSA) is 83.6 Å². The van der Waals surface area contributed by atoms with E-state index in [2.05, 4.69) is 15.6 Å². The van der Waals surface area contributed by atoms with Crippen molar-refractivity contribution < 1.29 is 14.3 Å². The van der Waals surface area contributed by atoms with Gasteiger partial charge in [0.2, 0.25) is 5.91 Å². The third kappa shape index (κ3) is 4.91. The molecule has 1 aliphatic heterocycles.